The topological polar surface area (TPSA) is 64.6 Å². The maximum absolute atomic E-state index is 12.4. The smallest absolute Gasteiger partial charge is 0.319 e. The van der Waals surface area contributed by atoms with Gasteiger partial charge in [0.15, 0.2) is 0 Å². The predicted octanol–water partition coefficient (Wildman–Crippen LogP) is 3.70. The zero-order valence-corrected chi connectivity index (χ0v) is 15.1. The second-order valence-corrected chi connectivity index (χ2v) is 6.32. The van der Waals surface area contributed by atoms with Crippen LogP contribution in [0.5, 0.6) is 0 Å². The molecular weight excluding hydrogens is 314 g/mol. The summed E-state index contributed by atoms with van der Waals surface area (Å²) < 4.78 is 0. The second-order valence-electron chi connectivity index (χ2n) is 6.32. The van der Waals surface area contributed by atoms with Crippen LogP contribution in [0, 0.1) is 6.92 Å². The summed E-state index contributed by atoms with van der Waals surface area (Å²) in [5, 5.41) is 15.0. The molecule has 0 saturated heterocycles. The number of rotatable bonds is 7. The lowest BCUT2D eigenvalue weighted by atomic mass is 10.0. The Balaban J connectivity index is 2.06. The van der Waals surface area contributed by atoms with Gasteiger partial charge in [0.05, 0.1) is 6.04 Å². The standard InChI is InChI=1S/C20H27N3O2/c1-15-14-17(23(2)3)11-12-18(15)21-20(25)22-19(10-7-13-24)16-8-5-4-6-9-16/h4-6,8-9,11-12,14,19,24H,7,10,13H2,1-3H3,(H2,21,22,25)/t19-/m0/s1. The summed E-state index contributed by atoms with van der Waals surface area (Å²) in [6.45, 7) is 2.08. The van der Waals surface area contributed by atoms with E-state index in [0.29, 0.717) is 12.8 Å². The molecule has 0 fully saturated rings. The lowest BCUT2D eigenvalue weighted by molar-refractivity contribution is 0.244. The molecule has 2 rings (SSSR count). The first-order valence-electron chi connectivity index (χ1n) is 8.52. The molecule has 0 unspecified atom stereocenters. The molecule has 0 bridgehead atoms. The molecule has 0 saturated carbocycles. The Hall–Kier alpha value is -2.53. The van der Waals surface area contributed by atoms with E-state index in [0.717, 1.165) is 22.5 Å². The van der Waals surface area contributed by atoms with E-state index in [-0.39, 0.29) is 18.7 Å². The van der Waals surface area contributed by atoms with E-state index in [1.807, 2.05) is 74.4 Å². The van der Waals surface area contributed by atoms with Gasteiger partial charge in [-0.1, -0.05) is 30.3 Å². The van der Waals surface area contributed by atoms with Crippen LogP contribution < -0.4 is 15.5 Å². The monoisotopic (exact) mass is 341 g/mol. The van der Waals surface area contributed by atoms with Gasteiger partial charge >= 0.3 is 6.03 Å². The Morgan fingerprint density at radius 1 is 1.16 bits per heavy atom. The first-order chi connectivity index (χ1) is 12.0. The number of hydrogen-bond acceptors (Lipinski definition) is 3. The summed E-state index contributed by atoms with van der Waals surface area (Å²) in [6, 6.07) is 15.4. The predicted molar refractivity (Wildman–Crippen MR) is 103 cm³/mol. The number of benzene rings is 2. The van der Waals surface area contributed by atoms with Gasteiger partial charge in [-0.05, 0) is 49.1 Å². The number of urea groups is 1. The number of hydrogen-bond donors (Lipinski definition) is 3. The number of nitrogens with zero attached hydrogens (tertiary/aromatic N) is 1. The molecule has 134 valence electrons. The van der Waals surface area contributed by atoms with Gasteiger partial charge in [0.2, 0.25) is 0 Å². The van der Waals surface area contributed by atoms with Gasteiger partial charge in [0.1, 0.15) is 0 Å². The van der Waals surface area contributed by atoms with Gasteiger partial charge in [-0.25, -0.2) is 4.79 Å². The van der Waals surface area contributed by atoms with Gasteiger partial charge in [0.25, 0.3) is 0 Å². The van der Waals surface area contributed by atoms with Crippen molar-refractivity contribution in [2.24, 2.45) is 0 Å². The summed E-state index contributed by atoms with van der Waals surface area (Å²) in [6.07, 6.45) is 1.32. The van der Waals surface area contributed by atoms with Crippen LogP contribution >= 0.6 is 0 Å². The molecule has 2 aromatic carbocycles. The highest BCUT2D eigenvalue weighted by molar-refractivity contribution is 5.90. The summed E-state index contributed by atoms with van der Waals surface area (Å²) in [7, 11) is 3.97. The van der Waals surface area contributed by atoms with Crippen LogP contribution in [-0.4, -0.2) is 31.8 Å². The van der Waals surface area contributed by atoms with Crippen molar-refractivity contribution < 1.29 is 9.90 Å². The molecule has 0 spiro atoms. The summed E-state index contributed by atoms with van der Waals surface area (Å²) >= 11 is 0. The molecule has 1 atom stereocenters. The summed E-state index contributed by atoms with van der Waals surface area (Å²) in [5.74, 6) is 0. The zero-order valence-electron chi connectivity index (χ0n) is 15.1. The number of carbonyl (C=O) groups excluding carboxylic acids is 1. The number of nitrogens with one attached hydrogen (secondary N) is 2. The number of amides is 2. The van der Waals surface area contributed by atoms with E-state index < -0.39 is 0 Å². The van der Waals surface area contributed by atoms with Crippen molar-refractivity contribution in [2.45, 2.75) is 25.8 Å². The highest BCUT2D eigenvalue weighted by Crippen LogP contribution is 2.22. The van der Waals surface area contributed by atoms with Crippen LogP contribution in [0.4, 0.5) is 16.2 Å². The molecule has 2 amide bonds. The Bertz CT molecular complexity index is 687. The van der Waals surface area contributed by atoms with Crippen molar-refractivity contribution in [3.05, 3.63) is 59.7 Å². The largest absolute Gasteiger partial charge is 0.396 e. The number of aliphatic hydroxyl groups excluding tert-OH is 1. The van der Waals surface area contributed by atoms with Gasteiger partial charge in [-0.2, -0.15) is 0 Å². The van der Waals surface area contributed by atoms with E-state index >= 15 is 0 Å². The number of anilines is 2. The van der Waals surface area contributed by atoms with Crippen molar-refractivity contribution in [2.75, 3.05) is 30.9 Å². The maximum Gasteiger partial charge on any atom is 0.319 e. The highest BCUT2D eigenvalue weighted by Gasteiger charge is 2.15. The molecule has 0 heterocycles. The lowest BCUT2D eigenvalue weighted by Gasteiger charge is -2.20. The van der Waals surface area contributed by atoms with Gasteiger partial charge in [0, 0.05) is 32.1 Å². The lowest BCUT2D eigenvalue weighted by Crippen LogP contribution is -2.33. The first-order valence-corrected chi connectivity index (χ1v) is 8.52. The first kappa shape index (κ1) is 18.8. The molecular formula is C20H27N3O2. The van der Waals surface area contributed by atoms with E-state index in [9.17, 15) is 4.79 Å². The molecule has 0 aliphatic heterocycles. The van der Waals surface area contributed by atoms with Crippen LogP contribution in [0.1, 0.15) is 30.0 Å². The van der Waals surface area contributed by atoms with Crippen LogP contribution in [0.15, 0.2) is 48.5 Å². The minimum absolute atomic E-state index is 0.109. The molecule has 0 aliphatic carbocycles. The number of aliphatic hydroxyl groups is 1. The van der Waals surface area contributed by atoms with Crippen LogP contribution in [-0.2, 0) is 0 Å². The summed E-state index contributed by atoms with van der Waals surface area (Å²) in [5.41, 5.74) is 3.92. The minimum atomic E-state index is -0.243. The molecule has 2 aromatic rings. The van der Waals surface area contributed by atoms with E-state index in [1.54, 1.807) is 0 Å². The van der Waals surface area contributed by atoms with Gasteiger partial charge < -0.3 is 20.6 Å². The Morgan fingerprint density at radius 3 is 2.48 bits per heavy atom. The number of carbonyl (C=O) groups is 1. The fraction of sp³-hybridized carbons (Fsp3) is 0.350. The minimum Gasteiger partial charge on any atom is -0.396 e. The average molecular weight is 341 g/mol. The third-order valence-corrected chi connectivity index (χ3v) is 4.13. The third-order valence-electron chi connectivity index (χ3n) is 4.13. The van der Waals surface area contributed by atoms with Crippen LogP contribution in [0.25, 0.3) is 0 Å². The fourth-order valence-corrected chi connectivity index (χ4v) is 2.69. The van der Waals surface area contributed by atoms with Crippen molar-refractivity contribution >= 4 is 17.4 Å². The van der Waals surface area contributed by atoms with Crippen LogP contribution in [0.2, 0.25) is 0 Å². The van der Waals surface area contributed by atoms with Crippen LogP contribution in [0.3, 0.4) is 0 Å². The second kappa shape index (κ2) is 9.08. The van der Waals surface area contributed by atoms with Crippen molar-refractivity contribution in [1.29, 1.82) is 0 Å². The zero-order chi connectivity index (χ0) is 18.2. The van der Waals surface area contributed by atoms with Gasteiger partial charge in [-0.15, -0.1) is 0 Å². The fourth-order valence-electron chi connectivity index (χ4n) is 2.69. The molecule has 0 radical (unpaired) electrons. The van der Waals surface area contributed by atoms with E-state index in [4.69, 9.17) is 5.11 Å². The Kier molecular flexibility index (Phi) is 6.83. The van der Waals surface area contributed by atoms with Gasteiger partial charge in [-0.3, -0.25) is 0 Å². The molecule has 5 nitrogen and oxygen atoms in total. The van der Waals surface area contributed by atoms with Crippen molar-refractivity contribution in [3.8, 4) is 0 Å². The SMILES string of the molecule is Cc1cc(N(C)C)ccc1NC(=O)N[C@@H](CCCO)c1ccccc1. The average Bonchev–Trinajstić information content (AvgIpc) is 2.61. The Labute approximate surface area is 149 Å². The quantitative estimate of drug-likeness (QED) is 0.719. The molecule has 3 N–H and O–H groups in total. The normalized spacial score (nSPS) is 11.7. The number of aryl methyl sites for hydroxylation is 1. The maximum atomic E-state index is 12.4. The third kappa shape index (κ3) is 5.50. The molecule has 25 heavy (non-hydrogen) atoms. The Morgan fingerprint density at radius 2 is 1.88 bits per heavy atom. The molecule has 0 aromatic heterocycles. The summed E-state index contributed by atoms with van der Waals surface area (Å²) in [4.78, 5) is 14.5. The highest BCUT2D eigenvalue weighted by atomic mass is 16.3. The van der Waals surface area contributed by atoms with E-state index in [1.165, 1.54) is 0 Å². The molecule has 5 heteroatoms. The van der Waals surface area contributed by atoms with Crippen molar-refractivity contribution in [3.63, 3.8) is 0 Å². The van der Waals surface area contributed by atoms with E-state index in [2.05, 4.69) is 10.6 Å². The molecule has 0 aliphatic rings. The van der Waals surface area contributed by atoms with Crippen molar-refractivity contribution in [1.82, 2.24) is 5.32 Å².